The van der Waals surface area contributed by atoms with E-state index >= 15 is 4.39 Å². The fourth-order valence-electron chi connectivity index (χ4n) is 5.49. The average Bonchev–Trinajstić information content (AvgIpc) is 3.31. The molecule has 0 saturated carbocycles. The van der Waals surface area contributed by atoms with Crippen molar-refractivity contribution >= 4 is 5.82 Å². The van der Waals surface area contributed by atoms with Crippen LogP contribution in [0.3, 0.4) is 0 Å². The Bertz CT molecular complexity index is 1100. The highest BCUT2D eigenvalue weighted by Gasteiger charge is 2.53. The second-order valence-corrected chi connectivity index (χ2v) is 9.70. The summed E-state index contributed by atoms with van der Waals surface area (Å²) in [5, 5.41) is 20.9. The molecule has 2 saturated heterocycles. The van der Waals surface area contributed by atoms with Crippen molar-refractivity contribution < 1.29 is 9.50 Å². The summed E-state index contributed by atoms with van der Waals surface area (Å²) in [7, 11) is 1.89. The minimum absolute atomic E-state index is 0.0654. The van der Waals surface area contributed by atoms with Crippen molar-refractivity contribution in [2.24, 2.45) is 0 Å². The number of benzene rings is 1. The van der Waals surface area contributed by atoms with Gasteiger partial charge in [-0.1, -0.05) is 6.07 Å². The van der Waals surface area contributed by atoms with Gasteiger partial charge in [0.1, 0.15) is 17.7 Å². The third-order valence-electron chi connectivity index (χ3n) is 7.20. The molecule has 2 aromatic heterocycles. The lowest BCUT2D eigenvalue weighted by Crippen LogP contribution is -2.72. The van der Waals surface area contributed by atoms with E-state index in [1.807, 2.05) is 37.1 Å². The molecule has 0 radical (unpaired) electrons. The number of aromatic amines is 1. The van der Waals surface area contributed by atoms with Gasteiger partial charge >= 0.3 is 0 Å². The lowest BCUT2D eigenvalue weighted by atomic mass is 9.68. The third kappa shape index (κ3) is 3.52. The first-order chi connectivity index (χ1) is 15.3. The molecule has 1 aromatic carbocycles. The van der Waals surface area contributed by atoms with Crippen molar-refractivity contribution in [1.29, 1.82) is 0 Å². The summed E-state index contributed by atoms with van der Waals surface area (Å²) >= 11 is 0. The van der Waals surface area contributed by atoms with Crippen LogP contribution in [0.25, 0.3) is 22.5 Å². The van der Waals surface area contributed by atoms with Gasteiger partial charge in [0, 0.05) is 35.4 Å². The van der Waals surface area contributed by atoms with E-state index in [0.717, 1.165) is 36.9 Å². The van der Waals surface area contributed by atoms with Crippen molar-refractivity contribution in [3.8, 4) is 28.3 Å². The zero-order valence-electron chi connectivity index (χ0n) is 18.6. The van der Waals surface area contributed by atoms with E-state index in [1.54, 1.807) is 24.7 Å². The fraction of sp³-hybridized carbons (Fsp3) is 0.458. The largest absolute Gasteiger partial charge is 0.507 e. The number of H-pyrrole nitrogens is 1. The summed E-state index contributed by atoms with van der Waals surface area (Å²) in [6.07, 6.45) is 7.63. The Hall–Kier alpha value is -3.00. The van der Waals surface area contributed by atoms with E-state index in [1.165, 1.54) is 0 Å². The van der Waals surface area contributed by atoms with Crippen molar-refractivity contribution in [1.82, 2.24) is 25.5 Å². The van der Waals surface area contributed by atoms with E-state index in [-0.39, 0.29) is 17.3 Å². The Labute approximate surface area is 187 Å². The molecule has 4 atom stereocenters. The number of alkyl halides is 1. The van der Waals surface area contributed by atoms with Crippen LogP contribution >= 0.6 is 0 Å². The van der Waals surface area contributed by atoms with Crippen molar-refractivity contribution in [3.63, 3.8) is 0 Å². The van der Waals surface area contributed by atoms with Gasteiger partial charge in [-0.3, -0.25) is 10.1 Å². The van der Waals surface area contributed by atoms with E-state index in [9.17, 15) is 5.11 Å². The Morgan fingerprint density at radius 2 is 2.00 bits per heavy atom. The first kappa shape index (κ1) is 20.9. The third-order valence-corrected chi connectivity index (χ3v) is 7.20. The summed E-state index contributed by atoms with van der Waals surface area (Å²) in [5.41, 5.74) is 2.23. The lowest BCUT2D eigenvalue weighted by molar-refractivity contribution is 0.00197. The highest BCUT2D eigenvalue weighted by atomic mass is 19.1. The number of hydrogen-bond acceptors (Lipinski definition) is 6. The number of nitrogens with one attached hydrogen (secondary N) is 2. The van der Waals surface area contributed by atoms with Crippen LogP contribution in [-0.4, -0.2) is 55.6 Å². The SMILES string of the molecule is CN(c1cnc(-c2ccc(-c3ccn[nH]3)cc2O)cn1)[C@H]1C[C@]2(C)CCC[C@@](C)(N2)[C@H]1F. The molecular weight excluding hydrogens is 407 g/mol. The molecule has 168 valence electrons. The van der Waals surface area contributed by atoms with Gasteiger partial charge in [0.05, 0.1) is 29.8 Å². The molecule has 8 heteroatoms. The number of nitrogens with zero attached hydrogens (tertiary/aromatic N) is 4. The monoisotopic (exact) mass is 436 g/mol. The van der Waals surface area contributed by atoms with E-state index in [0.29, 0.717) is 17.1 Å². The predicted molar refractivity (Wildman–Crippen MR) is 122 cm³/mol. The smallest absolute Gasteiger partial charge is 0.147 e. The number of phenols is 1. The maximum atomic E-state index is 15.6. The number of halogens is 1. The Balaban J connectivity index is 1.38. The van der Waals surface area contributed by atoms with E-state index < -0.39 is 11.7 Å². The summed E-state index contributed by atoms with van der Waals surface area (Å²) < 4.78 is 15.6. The number of aromatic nitrogens is 4. The molecule has 5 rings (SSSR count). The highest BCUT2D eigenvalue weighted by molar-refractivity contribution is 5.72. The normalized spacial score (nSPS) is 29.6. The van der Waals surface area contributed by atoms with Gasteiger partial charge in [-0.2, -0.15) is 5.10 Å². The van der Waals surface area contributed by atoms with Crippen LogP contribution in [0.5, 0.6) is 5.75 Å². The molecule has 3 aromatic rings. The van der Waals surface area contributed by atoms with E-state index in [2.05, 4.69) is 32.4 Å². The highest BCUT2D eigenvalue weighted by Crippen LogP contribution is 2.43. The Morgan fingerprint density at radius 1 is 1.16 bits per heavy atom. The van der Waals surface area contributed by atoms with Crippen molar-refractivity contribution in [3.05, 3.63) is 42.9 Å². The predicted octanol–water partition coefficient (Wildman–Crippen LogP) is 4.08. The first-order valence-electron chi connectivity index (χ1n) is 11.1. The molecule has 2 fully saturated rings. The molecule has 7 nitrogen and oxygen atoms in total. The molecular formula is C24H29FN6O. The Morgan fingerprint density at radius 3 is 2.69 bits per heavy atom. The standard InChI is InChI=1S/C24H29FN6O/c1-23-8-4-9-24(2,30-23)22(25)19(12-23)31(3)21-14-26-18(13-27-21)16-6-5-15(11-20(16)32)17-7-10-28-29-17/h5-7,10-11,13-14,19,22,30,32H,4,8-9,12H2,1-3H3,(H,28,29)/t19-,22-,23-,24+/m0/s1. The van der Waals surface area contributed by atoms with Crippen LogP contribution in [-0.2, 0) is 0 Å². The lowest BCUT2D eigenvalue weighted by Gasteiger charge is -2.56. The average molecular weight is 437 g/mol. The molecule has 0 amide bonds. The number of phenolic OH excluding ortho intramolecular Hbond substituents is 1. The molecule has 2 bridgehead atoms. The quantitative estimate of drug-likeness (QED) is 0.571. The maximum Gasteiger partial charge on any atom is 0.147 e. The van der Waals surface area contributed by atoms with Gasteiger partial charge in [-0.05, 0) is 57.7 Å². The van der Waals surface area contributed by atoms with Crippen LogP contribution in [0.2, 0.25) is 0 Å². The summed E-state index contributed by atoms with van der Waals surface area (Å²) in [4.78, 5) is 11.0. The van der Waals surface area contributed by atoms with Crippen LogP contribution in [0, 0.1) is 0 Å². The number of fused-ring (bicyclic) bond motifs is 2. The van der Waals surface area contributed by atoms with Crippen LogP contribution in [0.1, 0.15) is 39.5 Å². The summed E-state index contributed by atoms with van der Waals surface area (Å²) in [6.45, 7) is 4.20. The molecule has 4 heterocycles. The van der Waals surface area contributed by atoms with Crippen LogP contribution < -0.4 is 10.2 Å². The maximum absolute atomic E-state index is 15.6. The van der Waals surface area contributed by atoms with Crippen LogP contribution in [0.4, 0.5) is 10.2 Å². The van der Waals surface area contributed by atoms with Crippen molar-refractivity contribution in [2.75, 3.05) is 11.9 Å². The first-order valence-corrected chi connectivity index (χ1v) is 11.1. The molecule has 0 unspecified atom stereocenters. The zero-order chi connectivity index (χ0) is 22.5. The number of anilines is 1. The topological polar surface area (TPSA) is 90.0 Å². The van der Waals surface area contributed by atoms with Crippen LogP contribution in [0.15, 0.2) is 42.9 Å². The van der Waals surface area contributed by atoms with E-state index in [4.69, 9.17) is 0 Å². The number of rotatable bonds is 4. The number of aromatic hydroxyl groups is 1. The number of hydrogen-bond donors (Lipinski definition) is 3. The zero-order valence-corrected chi connectivity index (χ0v) is 18.6. The molecule has 32 heavy (non-hydrogen) atoms. The summed E-state index contributed by atoms with van der Waals surface area (Å²) in [5.74, 6) is 0.741. The minimum Gasteiger partial charge on any atom is -0.507 e. The Kier molecular flexibility index (Phi) is 4.93. The molecule has 2 aliphatic rings. The second-order valence-electron chi connectivity index (χ2n) is 9.70. The van der Waals surface area contributed by atoms with Gasteiger partial charge in [0.15, 0.2) is 0 Å². The van der Waals surface area contributed by atoms with Crippen molar-refractivity contribution in [2.45, 2.75) is 62.8 Å². The van der Waals surface area contributed by atoms with Gasteiger partial charge in [-0.15, -0.1) is 0 Å². The van der Waals surface area contributed by atoms with Gasteiger partial charge in [-0.25, -0.2) is 9.37 Å². The minimum atomic E-state index is -0.999. The number of piperidine rings is 2. The fourth-order valence-corrected chi connectivity index (χ4v) is 5.49. The summed E-state index contributed by atoms with van der Waals surface area (Å²) in [6, 6.07) is 6.95. The molecule has 0 spiro atoms. The molecule has 0 aliphatic carbocycles. The van der Waals surface area contributed by atoms with Gasteiger partial charge in [0.2, 0.25) is 0 Å². The molecule has 2 aliphatic heterocycles. The second kappa shape index (κ2) is 7.55. The van der Waals surface area contributed by atoms with Gasteiger partial charge < -0.3 is 15.3 Å². The van der Waals surface area contributed by atoms with Gasteiger partial charge in [0.25, 0.3) is 0 Å². The molecule has 3 N–H and O–H groups in total.